The summed E-state index contributed by atoms with van der Waals surface area (Å²) >= 11 is 0. The molecule has 8 heteroatoms. The van der Waals surface area contributed by atoms with Gasteiger partial charge in [0.25, 0.3) is 0 Å². The summed E-state index contributed by atoms with van der Waals surface area (Å²) in [4.78, 5) is 16.2. The number of hydrogen-bond donors (Lipinski definition) is 3. The Balaban J connectivity index is 0.00000576. The van der Waals surface area contributed by atoms with Crippen molar-refractivity contribution in [2.24, 2.45) is 10.4 Å². The Morgan fingerprint density at radius 2 is 1.92 bits per heavy atom. The van der Waals surface area contributed by atoms with Crippen molar-refractivity contribution < 1.29 is 13.6 Å². The summed E-state index contributed by atoms with van der Waals surface area (Å²) in [7, 11) is 1.59. The second-order valence-corrected chi connectivity index (χ2v) is 6.20. The lowest BCUT2D eigenvalue weighted by Gasteiger charge is -2.22. The number of rotatable bonds is 6. The molecule has 25 heavy (non-hydrogen) atoms. The average molecular weight is 468 g/mol. The first-order chi connectivity index (χ1) is 11.2. The maximum atomic E-state index is 13.4. The van der Waals surface area contributed by atoms with Crippen molar-refractivity contribution in [3.8, 4) is 0 Å². The summed E-state index contributed by atoms with van der Waals surface area (Å²) in [5, 5.41) is 8.82. The average Bonchev–Trinajstić information content (AvgIpc) is 2.54. The van der Waals surface area contributed by atoms with E-state index in [1.165, 1.54) is 6.07 Å². The van der Waals surface area contributed by atoms with Gasteiger partial charge in [-0.15, -0.1) is 24.0 Å². The third-order valence-corrected chi connectivity index (χ3v) is 3.62. The van der Waals surface area contributed by atoms with Crippen LogP contribution in [0.15, 0.2) is 23.2 Å². The highest BCUT2D eigenvalue weighted by molar-refractivity contribution is 14.0. The van der Waals surface area contributed by atoms with E-state index in [0.29, 0.717) is 18.1 Å². The molecule has 142 valence electrons. The van der Waals surface area contributed by atoms with Crippen LogP contribution in [-0.2, 0) is 4.79 Å². The van der Waals surface area contributed by atoms with Gasteiger partial charge in [-0.05, 0) is 45.4 Å². The fraction of sp³-hybridized carbons (Fsp3) is 0.529. The summed E-state index contributed by atoms with van der Waals surface area (Å²) in [5.74, 6) is -1.36. The minimum Gasteiger partial charge on any atom is -0.359 e. The number of guanidine groups is 1. The Kier molecular flexibility index (Phi) is 9.91. The zero-order chi connectivity index (χ0) is 18.3. The number of nitrogens with zero attached hydrogens (tertiary/aromatic N) is 1. The Bertz CT molecular complexity index is 608. The number of aliphatic imine (C=N–C) groups is 1. The van der Waals surface area contributed by atoms with Gasteiger partial charge < -0.3 is 16.0 Å². The van der Waals surface area contributed by atoms with Crippen LogP contribution in [0.1, 0.15) is 39.3 Å². The van der Waals surface area contributed by atoms with Crippen molar-refractivity contribution in [3.63, 3.8) is 0 Å². The van der Waals surface area contributed by atoms with Crippen LogP contribution in [0.3, 0.4) is 0 Å². The van der Waals surface area contributed by atoms with Crippen molar-refractivity contribution in [2.45, 2.75) is 33.7 Å². The molecule has 0 spiro atoms. The number of amides is 1. The second kappa shape index (κ2) is 10.5. The molecule has 0 aliphatic carbocycles. The minimum atomic E-state index is -0.885. The lowest BCUT2D eigenvalue weighted by molar-refractivity contribution is -0.128. The summed E-state index contributed by atoms with van der Waals surface area (Å²) in [6.45, 7) is 8.27. The van der Waals surface area contributed by atoms with Gasteiger partial charge >= 0.3 is 0 Å². The van der Waals surface area contributed by atoms with Crippen LogP contribution >= 0.6 is 24.0 Å². The molecule has 0 bridgehead atoms. The Morgan fingerprint density at radius 3 is 2.44 bits per heavy atom. The number of carbonyl (C=O) groups excluding carboxylic acids is 1. The Hall–Kier alpha value is -1.45. The first kappa shape index (κ1) is 23.5. The van der Waals surface area contributed by atoms with Crippen molar-refractivity contribution in [2.75, 3.05) is 20.1 Å². The fourth-order valence-corrected chi connectivity index (χ4v) is 2.08. The molecular formula is C17H27F2IN4O. The van der Waals surface area contributed by atoms with Gasteiger partial charge in [0.2, 0.25) is 5.91 Å². The number of halogens is 3. The van der Waals surface area contributed by atoms with Crippen molar-refractivity contribution in [1.29, 1.82) is 0 Å². The number of hydrogen-bond acceptors (Lipinski definition) is 2. The molecule has 1 rings (SSSR count). The molecule has 3 N–H and O–H groups in total. The summed E-state index contributed by atoms with van der Waals surface area (Å²) < 4.78 is 26.4. The van der Waals surface area contributed by atoms with Gasteiger partial charge in [0.15, 0.2) is 17.6 Å². The van der Waals surface area contributed by atoms with Gasteiger partial charge in [0, 0.05) is 13.6 Å². The van der Waals surface area contributed by atoms with Crippen LogP contribution < -0.4 is 16.0 Å². The lowest BCUT2D eigenvalue weighted by atomic mass is 9.93. The molecule has 1 unspecified atom stereocenters. The van der Waals surface area contributed by atoms with E-state index in [4.69, 9.17) is 0 Å². The lowest BCUT2D eigenvalue weighted by Crippen LogP contribution is -2.41. The van der Waals surface area contributed by atoms with E-state index in [9.17, 15) is 13.6 Å². The monoisotopic (exact) mass is 468 g/mol. The molecule has 0 aromatic heterocycles. The van der Waals surface area contributed by atoms with Gasteiger partial charge in [0.1, 0.15) is 0 Å². The molecular weight excluding hydrogens is 441 g/mol. The van der Waals surface area contributed by atoms with Crippen LogP contribution in [-0.4, -0.2) is 32.0 Å². The standard InChI is InChI=1S/C17H26F2N4O.HI/c1-6-21-16(22-10-17(3,4)15(24)20-5)23-11(2)12-7-8-13(18)14(19)9-12;/h7-9,11H,6,10H2,1-5H3,(H,20,24)(H2,21,22,23);1H. The Labute approximate surface area is 165 Å². The summed E-state index contributed by atoms with van der Waals surface area (Å²) in [6.07, 6.45) is 0. The van der Waals surface area contributed by atoms with Crippen molar-refractivity contribution in [3.05, 3.63) is 35.4 Å². The molecule has 5 nitrogen and oxygen atoms in total. The smallest absolute Gasteiger partial charge is 0.227 e. The van der Waals surface area contributed by atoms with E-state index in [1.54, 1.807) is 20.9 Å². The van der Waals surface area contributed by atoms with E-state index < -0.39 is 17.0 Å². The van der Waals surface area contributed by atoms with Crippen LogP contribution in [0.5, 0.6) is 0 Å². The molecule has 1 aromatic rings. The molecule has 0 aliphatic heterocycles. The second-order valence-electron chi connectivity index (χ2n) is 6.20. The molecule has 0 aliphatic rings. The zero-order valence-electron chi connectivity index (χ0n) is 15.2. The minimum absolute atomic E-state index is 0. The SMILES string of the molecule is CCNC(=NCC(C)(C)C(=O)NC)NC(C)c1ccc(F)c(F)c1.I. The number of benzene rings is 1. The Morgan fingerprint density at radius 1 is 1.28 bits per heavy atom. The molecule has 1 atom stereocenters. The first-order valence-corrected chi connectivity index (χ1v) is 7.93. The largest absolute Gasteiger partial charge is 0.359 e. The molecule has 0 heterocycles. The molecule has 1 amide bonds. The maximum absolute atomic E-state index is 13.4. The number of carbonyl (C=O) groups is 1. The van der Waals surface area contributed by atoms with E-state index in [1.807, 2.05) is 13.8 Å². The van der Waals surface area contributed by atoms with Gasteiger partial charge in [-0.25, -0.2) is 8.78 Å². The normalized spacial score (nSPS) is 12.8. The number of nitrogens with one attached hydrogen (secondary N) is 3. The van der Waals surface area contributed by atoms with Gasteiger partial charge in [-0.2, -0.15) is 0 Å². The highest BCUT2D eigenvalue weighted by Gasteiger charge is 2.26. The molecule has 0 radical (unpaired) electrons. The van der Waals surface area contributed by atoms with Gasteiger partial charge in [-0.3, -0.25) is 9.79 Å². The third kappa shape index (κ3) is 7.13. The molecule has 0 saturated carbocycles. The van der Waals surface area contributed by atoms with Crippen LogP contribution in [0.25, 0.3) is 0 Å². The van der Waals surface area contributed by atoms with E-state index in [-0.39, 0.29) is 42.5 Å². The predicted octanol–water partition coefficient (Wildman–Crippen LogP) is 2.97. The quantitative estimate of drug-likeness (QED) is 0.342. The van der Waals surface area contributed by atoms with Crippen molar-refractivity contribution in [1.82, 2.24) is 16.0 Å². The van der Waals surface area contributed by atoms with E-state index >= 15 is 0 Å². The fourth-order valence-electron chi connectivity index (χ4n) is 2.08. The highest BCUT2D eigenvalue weighted by Crippen LogP contribution is 2.17. The van der Waals surface area contributed by atoms with Crippen LogP contribution in [0.4, 0.5) is 8.78 Å². The topological polar surface area (TPSA) is 65.5 Å². The third-order valence-electron chi connectivity index (χ3n) is 3.62. The molecule has 0 fully saturated rings. The van der Waals surface area contributed by atoms with Crippen molar-refractivity contribution >= 4 is 35.8 Å². The molecule has 0 saturated heterocycles. The summed E-state index contributed by atoms with van der Waals surface area (Å²) in [6, 6.07) is 3.50. The van der Waals surface area contributed by atoms with E-state index in [0.717, 1.165) is 12.1 Å². The van der Waals surface area contributed by atoms with Gasteiger partial charge in [-0.1, -0.05) is 6.07 Å². The van der Waals surface area contributed by atoms with Crippen LogP contribution in [0, 0.1) is 17.0 Å². The maximum Gasteiger partial charge on any atom is 0.227 e. The molecule has 1 aromatic carbocycles. The van der Waals surface area contributed by atoms with Crippen LogP contribution in [0.2, 0.25) is 0 Å². The highest BCUT2D eigenvalue weighted by atomic mass is 127. The van der Waals surface area contributed by atoms with Gasteiger partial charge in [0.05, 0.1) is 18.0 Å². The first-order valence-electron chi connectivity index (χ1n) is 7.93. The van der Waals surface area contributed by atoms with E-state index in [2.05, 4.69) is 20.9 Å². The summed E-state index contributed by atoms with van der Waals surface area (Å²) in [5.41, 5.74) is -0.0486. The predicted molar refractivity (Wildman–Crippen MR) is 107 cm³/mol. The zero-order valence-corrected chi connectivity index (χ0v) is 17.6.